The first-order valence-electron chi connectivity index (χ1n) is 0. The van der Waals surface area contributed by atoms with Crippen molar-refractivity contribution in [2.24, 2.45) is 0 Å². The van der Waals surface area contributed by atoms with Crippen LogP contribution in [0.1, 0.15) is 0 Å². The molecule has 0 N–H and O–H groups in total. The Kier molecular flexibility index (Phi) is 253. The van der Waals surface area contributed by atoms with Gasteiger partial charge in [-0.05, 0) is 0 Å². The van der Waals surface area contributed by atoms with Crippen molar-refractivity contribution in [3.05, 3.63) is 0 Å². The zero-order valence-corrected chi connectivity index (χ0v) is 14.4. The number of hydrogen-bond donors (Lipinski definition) is 0. The fraction of sp³-hybridized carbons (Fsp3) is 0. The van der Waals surface area contributed by atoms with Crippen molar-refractivity contribution in [1.29, 1.82) is 0 Å². The summed E-state index contributed by atoms with van der Waals surface area (Å²) in [5, 5.41) is 0. The van der Waals surface area contributed by atoms with Crippen LogP contribution in [0.25, 0.3) is 0 Å². The molecule has 0 amide bonds. The van der Waals surface area contributed by atoms with E-state index in [0.29, 0.717) is 0 Å². The van der Waals surface area contributed by atoms with E-state index in [1.54, 1.807) is 0 Å². The minimum Gasteiger partial charge on any atom is -1.00 e. The van der Waals surface area contributed by atoms with Crippen LogP contribution in [0, 0.1) is 0 Å². The molecule has 0 unspecified atom stereocenters. The van der Waals surface area contributed by atoms with Gasteiger partial charge in [0.15, 0.2) is 0 Å². The molecule has 0 aromatic heterocycles. The first-order valence-corrected chi connectivity index (χ1v) is 0. The van der Waals surface area contributed by atoms with E-state index in [0.717, 1.165) is 0 Å². The first kappa shape index (κ1) is 45.6. The van der Waals surface area contributed by atoms with Crippen LogP contribution in [0.2, 0.25) is 0 Å². The summed E-state index contributed by atoms with van der Waals surface area (Å²) in [6, 6.07) is 0. The molecule has 0 heterocycles. The molecule has 0 rings (SSSR count). The maximum atomic E-state index is 0. The van der Waals surface area contributed by atoms with E-state index in [1.165, 1.54) is 0 Å². The molecule has 0 atom stereocenters. The van der Waals surface area contributed by atoms with Gasteiger partial charge in [-0.25, -0.2) is 0 Å². The van der Waals surface area contributed by atoms with Gasteiger partial charge >= 0.3 is 110 Å². The molecule has 0 aromatic rings. The summed E-state index contributed by atoms with van der Waals surface area (Å²) in [6.07, 6.45) is 0. The Labute approximate surface area is 148 Å². The Morgan fingerprint density at radius 2 is 0.667 bits per heavy atom. The molecule has 0 aliphatic rings. The molecule has 0 aliphatic carbocycles. The molecule has 24 valence electrons. The third-order valence-corrected chi connectivity index (χ3v) is 0. The van der Waals surface area contributed by atoms with Gasteiger partial charge in [0.25, 0.3) is 0 Å². The van der Waals surface area contributed by atoms with Gasteiger partial charge in [-0.1, -0.05) is 0 Å². The zero-order chi connectivity index (χ0) is 0. The molecule has 0 bridgehead atoms. The van der Waals surface area contributed by atoms with E-state index in [4.69, 9.17) is 0 Å². The number of halogens is 3. The standard InChI is InChI=1S/BrH.2ClH.K.2Na/h3*1H;;;/q;;;3*+1/p-3. The van der Waals surface area contributed by atoms with Crippen LogP contribution in [0.3, 0.4) is 0 Å². The Bertz CT molecular complexity index is 11.5. The van der Waals surface area contributed by atoms with E-state index >= 15 is 0 Å². The summed E-state index contributed by atoms with van der Waals surface area (Å²) in [4.78, 5) is 0. The normalized spacial score (nSPS) is 0. The molecule has 0 nitrogen and oxygen atoms in total. The van der Waals surface area contributed by atoms with Crippen molar-refractivity contribution in [3.8, 4) is 0 Å². The van der Waals surface area contributed by atoms with Crippen molar-refractivity contribution in [1.82, 2.24) is 0 Å². The Morgan fingerprint density at radius 3 is 0.667 bits per heavy atom. The van der Waals surface area contributed by atoms with Crippen LogP contribution in [0.5, 0.6) is 0 Å². The van der Waals surface area contributed by atoms with Gasteiger partial charge in [-0.3, -0.25) is 0 Å². The summed E-state index contributed by atoms with van der Waals surface area (Å²) in [5.41, 5.74) is 0. The van der Waals surface area contributed by atoms with E-state index < -0.39 is 0 Å². The predicted octanol–water partition coefficient (Wildman–Crippen LogP) is -18.0. The summed E-state index contributed by atoms with van der Waals surface area (Å²) in [7, 11) is 0. The molecular weight excluding hydrogens is 236 g/mol. The SMILES string of the molecule is [Br-].[Cl-].[Cl-].[K+].[Na+].[Na+]. The third kappa shape index (κ3) is 23.4. The maximum Gasteiger partial charge on any atom is 1.00 e. The summed E-state index contributed by atoms with van der Waals surface area (Å²) >= 11 is 0. The van der Waals surface area contributed by atoms with Gasteiger partial charge in [0.1, 0.15) is 0 Å². The average molecular weight is 236 g/mol. The molecule has 6 heavy (non-hydrogen) atoms. The fourth-order valence-corrected chi connectivity index (χ4v) is 0. The van der Waals surface area contributed by atoms with Crippen molar-refractivity contribution in [3.63, 3.8) is 0 Å². The van der Waals surface area contributed by atoms with Gasteiger partial charge in [-0.15, -0.1) is 0 Å². The van der Waals surface area contributed by atoms with Gasteiger partial charge < -0.3 is 41.8 Å². The van der Waals surface area contributed by atoms with E-state index in [-0.39, 0.29) is 152 Å². The molecule has 0 saturated heterocycles. The molecule has 0 radical (unpaired) electrons. The van der Waals surface area contributed by atoms with Crippen LogP contribution in [-0.4, -0.2) is 0 Å². The molecular formula is BrCl2KNa2. The molecule has 0 saturated carbocycles. The van der Waals surface area contributed by atoms with Crippen LogP contribution < -0.4 is 152 Å². The molecule has 0 aliphatic heterocycles. The van der Waals surface area contributed by atoms with E-state index in [9.17, 15) is 0 Å². The smallest absolute Gasteiger partial charge is 1.00 e. The second kappa shape index (κ2) is 33.2. The quantitative estimate of drug-likeness (QED) is 0.366. The second-order valence-electron chi connectivity index (χ2n) is 0. The second-order valence-corrected chi connectivity index (χ2v) is 0. The van der Waals surface area contributed by atoms with Crippen molar-refractivity contribution in [2.45, 2.75) is 0 Å². The van der Waals surface area contributed by atoms with E-state index in [2.05, 4.69) is 0 Å². The minimum absolute atomic E-state index is 0. The first-order chi connectivity index (χ1) is 0. The fourth-order valence-electron chi connectivity index (χ4n) is 0. The van der Waals surface area contributed by atoms with Crippen molar-refractivity contribution in [2.75, 3.05) is 0 Å². The molecule has 0 spiro atoms. The largest absolute Gasteiger partial charge is 1.00 e. The van der Waals surface area contributed by atoms with Gasteiger partial charge in [-0.2, -0.15) is 0 Å². The summed E-state index contributed by atoms with van der Waals surface area (Å²) in [5.74, 6) is 0. The van der Waals surface area contributed by atoms with Gasteiger partial charge in [0, 0.05) is 0 Å². The average Bonchev–Trinajstić information content (AvgIpc) is 0. The zero-order valence-electron chi connectivity index (χ0n) is 4.13. The maximum absolute atomic E-state index is 0. The van der Waals surface area contributed by atoms with Crippen LogP contribution in [-0.2, 0) is 0 Å². The molecule has 0 aromatic carbocycles. The van der Waals surface area contributed by atoms with Crippen LogP contribution in [0.15, 0.2) is 0 Å². The third-order valence-electron chi connectivity index (χ3n) is 0. The van der Waals surface area contributed by atoms with Gasteiger partial charge in [0.05, 0.1) is 0 Å². The Hall–Kier alpha value is 4.70. The van der Waals surface area contributed by atoms with Gasteiger partial charge in [0.2, 0.25) is 0 Å². The molecule has 6 heteroatoms. The van der Waals surface area contributed by atoms with Crippen LogP contribution in [0.4, 0.5) is 0 Å². The minimum atomic E-state index is 0. The monoisotopic (exact) mass is 234 g/mol. The van der Waals surface area contributed by atoms with Crippen molar-refractivity contribution < 1.29 is 152 Å². The Morgan fingerprint density at radius 1 is 0.667 bits per heavy atom. The van der Waals surface area contributed by atoms with Crippen molar-refractivity contribution >= 4 is 0 Å². The predicted molar refractivity (Wildman–Crippen MR) is 0 cm³/mol. The summed E-state index contributed by atoms with van der Waals surface area (Å²) < 4.78 is 0. The number of rotatable bonds is 0. The molecule has 0 fully saturated rings. The topological polar surface area (TPSA) is 0 Å². The van der Waals surface area contributed by atoms with E-state index in [1.807, 2.05) is 0 Å². The van der Waals surface area contributed by atoms with Crippen LogP contribution >= 0.6 is 0 Å². The number of hydrogen-bond acceptors (Lipinski definition) is 0. The Balaban J connectivity index is 0. The summed E-state index contributed by atoms with van der Waals surface area (Å²) in [6.45, 7) is 0.